The van der Waals surface area contributed by atoms with Gasteiger partial charge >= 0.3 is 0 Å². The molecule has 0 aliphatic rings. The second-order valence-electron chi connectivity index (χ2n) is 3.60. The summed E-state index contributed by atoms with van der Waals surface area (Å²) in [5.41, 5.74) is 8.69. The summed E-state index contributed by atoms with van der Waals surface area (Å²) in [4.78, 5) is 2.11. The Morgan fingerprint density at radius 2 is 1.62 bits per heavy atom. The van der Waals surface area contributed by atoms with Crippen LogP contribution in [0.15, 0.2) is 53.0 Å². The van der Waals surface area contributed by atoms with Crippen molar-refractivity contribution in [2.45, 2.75) is 0 Å². The molecule has 0 unspecified atom stereocenters. The number of para-hydroxylation sites is 1. The lowest BCUT2D eigenvalue weighted by atomic mass is 10.2. The van der Waals surface area contributed by atoms with Crippen molar-refractivity contribution in [3.63, 3.8) is 0 Å². The van der Waals surface area contributed by atoms with E-state index >= 15 is 0 Å². The van der Waals surface area contributed by atoms with E-state index in [9.17, 15) is 0 Å². The van der Waals surface area contributed by atoms with Crippen LogP contribution in [0.3, 0.4) is 0 Å². The highest BCUT2D eigenvalue weighted by molar-refractivity contribution is 9.10. The van der Waals surface area contributed by atoms with Crippen LogP contribution in [0.5, 0.6) is 0 Å². The summed E-state index contributed by atoms with van der Waals surface area (Å²) in [6.07, 6.45) is 0. The van der Waals surface area contributed by atoms with Gasteiger partial charge in [-0.05, 0) is 52.3 Å². The van der Waals surface area contributed by atoms with Crippen LogP contribution in [0.2, 0.25) is 0 Å². The van der Waals surface area contributed by atoms with Gasteiger partial charge in [0, 0.05) is 22.9 Å². The zero-order valence-corrected chi connectivity index (χ0v) is 10.6. The molecule has 3 heteroatoms. The van der Waals surface area contributed by atoms with E-state index in [4.69, 9.17) is 5.73 Å². The maximum Gasteiger partial charge on any atom is 0.0552 e. The van der Waals surface area contributed by atoms with Gasteiger partial charge < -0.3 is 10.6 Å². The summed E-state index contributed by atoms with van der Waals surface area (Å²) in [5.74, 6) is 0. The third kappa shape index (κ3) is 2.19. The first-order chi connectivity index (χ1) is 7.68. The quantitative estimate of drug-likeness (QED) is 0.846. The molecule has 0 amide bonds. The molecule has 0 aliphatic heterocycles. The van der Waals surface area contributed by atoms with Crippen molar-refractivity contribution in [3.05, 3.63) is 53.0 Å². The normalized spacial score (nSPS) is 10.1. The van der Waals surface area contributed by atoms with Crippen LogP contribution in [0.1, 0.15) is 0 Å². The first kappa shape index (κ1) is 11.0. The lowest BCUT2D eigenvalue weighted by molar-refractivity contribution is 1.20. The van der Waals surface area contributed by atoms with Crippen LogP contribution in [0.4, 0.5) is 17.1 Å². The summed E-state index contributed by atoms with van der Waals surface area (Å²) in [6.45, 7) is 0. The molecule has 0 spiro atoms. The lowest BCUT2D eigenvalue weighted by Crippen LogP contribution is -2.09. The van der Waals surface area contributed by atoms with Gasteiger partial charge in [-0.15, -0.1) is 0 Å². The van der Waals surface area contributed by atoms with Crippen LogP contribution in [-0.4, -0.2) is 7.05 Å². The molecule has 2 rings (SSSR count). The third-order valence-corrected chi connectivity index (χ3v) is 3.16. The minimum Gasteiger partial charge on any atom is -0.399 e. The van der Waals surface area contributed by atoms with Crippen molar-refractivity contribution in [2.24, 2.45) is 0 Å². The first-order valence-corrected chi connectivity index (χ1v) is 5.81. The summed E-state index contributed by atoms with van der Waals surface area (Å²) in [7, 11) is 2.03. The Labute approximate surface area is 104 Å². The Morgan fingerprint density at radius 3 is 2.25 bits per heavy atom. The highest BCUT2D eigenvalue weighted by atomic mass is 79.9. The zero-order valence-electron chi connectivity index (χ0n) is 9.02. The molecule has 0 bridgehead atoms. The molecule has 0 aliphatic carbocycles. The van der Waals surface area contributed by atoms with Gasteiger partial charge in [-0.1, -0.05) is 12.1 Å². The topological polar surface area (TPSA) is 29.3 Å². The Hall–Kier alpha value is -1.48. The zero-order chi connectivity index (χ0) is 11.5. The molecule has 0 saturated heterocycles. The predicted molar refractivity (Wildman–Crippen MR) is 73.1 cm³/mol. The number of nitrogens with zero attached hydrogens (tertiary/aromatic N) is 1. The molecule has 0 fully saturated rings. The van der Waals surface area contributed by atoms with Crippen LogP contribution in [0, 0.1) is 0 Å². The maximum absolute atomic E-state index is 5.67. The van der Waals surface area contributed by atoms with Crippen molar-refractivity contribution < 1.29 is 0 Å². The lowest BCUT2D eigenvalue weighted by Gasteiger charge is -2.20. The molecule has 16 heavy (non-hydrogen) atoms. The number of halogens is 1. The molecule has 2 nitrogen and oxygen atoms in total. The standard InChI is InChI=1S/C13H13BrN2/c1-16(11-8-6-10(15)7-9-11)13-5-3-2-4-12(13)14/h2-9H,15H2,1H3. The average molecular weight is 277 g/mol. The fourth-order valence-electron chi connectivity index (χ4n) is 1.56. The smallest absolute Gasteiger partial charge is 0.0552 e. The van der Waals surface area contributed by atoms with E-state index in [1.54, 1.807) is 0 Å². The van der Waals surface area contributed by atoms with E-state index in [0.717, 1.165) is 21.5 Å². The average Bonchev–Trinajstić information content (AvgIpc) is 2.30. The summed E-state index contributed by atoms with van der Waals surface area (Å²) in [5, 5.41) is 0. The van der Waals surface area contributed by atoms with E-state index in [2.05, 4.69) is 26.9 Å². The second-order valence-corrected chi connectivity index (χ2v) is 4.46. The minimum absolute atomic E-state index is 0.782. The second kappa shape index (κ2) is 4.58. The van der Waals surface area contributed by atoms with Crippen LogP contribution < -0.4 is 10.6 Å². The Bertz CT molecular complexity index is 480. The number of hydrogen-bond donors (Lipinski definition) is 1. The molecule has 0 heterocycles. The number of nitrogens with two attached hydrogens (primary N) is 1. The van der Waals surface area contributed by atoms with E-state index in [1.165, 1.54) is 0 Å². The predicted octanol–water partition coefficient (Wildman–Crippen LogP) is 3.80. The Balaban J connectivity index is 2.35. The van der Waals surface area contributed by atoms with Crippen molar-refractivity contribution in [1.82, 2.24) is 0 Å². The fourth-order valence-corrected chi connectivity index (χ4v) is 2.11. The molecule has 2 N–H and O–H groups in total. The van der Waals surface area contributed by atoms with Crippen molar-refractivity contribution in [1.29, 1.82) is 0 Å². The van der Waals surface area contributed by atoms with Gasteiger partial charge in [0.25, 0.3) is 0 Å². The van der Waals surface area contributed by atoms with Crippen LogP contribution in [0.25, 0.3) is 0 Å². The summed E-state index contributed by atoms with van der Waals surface area (Å²) >= 11 is 3.54. The molecule has 82 valence electrons. The SMILES string of the molecule is CN(c1ccc(N)cc1)c1ccccc1Br. The number of benzene rings is 2. The monoisotopic (exact) mass is 276 g/mol. The van der Waals surface area contributed by atoms with E-state index in [1.807, 2.05) is 49.5 Å². The van der Waals surface area contributed by atoms with E-state index in [0.29, 0.717) is 0 Å². The van der Waals surface area contributed by atoms with Gasteiger partial charge in [0.15, 0.2) is 0 Å². The highest BCUT2D eigenvalue weighted by Crippen LogP contribution is 2.30. The molecule has 0 radical (unpaired) electrons. The molecular weight excluding hydrogens is 264 g/mol. The summed E-state index contributed by atoms with van der Waals surface area (Å²) < 4.78 is 1.08. The number of hydrogen-bond acceptors (Lipinski definition) is 2. The molecule has 0 saturated carbocycles. The minimum atomic E-state index is 0.782. The van der Waals surface area contributed by atoms with Gasteiger partial charge in [-0.3, -0.25) is 0 Å². The molecule has 2 aromatic rings. The fraction of sp³-hybridized carbons (Fsp3) is 0.0769. The molecule has 0 atom stereocenters. The highest BCUT2D eigenvalue weighted by Gasteiger charge is 2.06. The van der Waals surface area contributed by atoms with E-state index < -0.39 is 0 Å². The largest absolute Gasteiger partial charge is 0.399 e. The van der Waals surface area contributed by atoms with Gasteiger partial charge in [0.05, 0.1) is 5.69 Å². The Morgan fingerprint density at radius 1 is 1.00 bits per heavy atom. The van der Waals surface area contributed by atoms with Gasteiger partial charge in [-0.25, -0.2) is 0 Å². The van der Waals surface area contributed by atoms with Gasteiger partial charge in [0.1, 0.15) is 0 Å². The van der Waals surface area contributed by atoms with Gasteiger partial charge in [-0.2, -0.15) is 0 Å². The number of rotatable bonds is 2. The molecule has 0 aromatic heterocycles. The Kier molecular flexibility index (Phi) is 3.15. The first-order valence-electron chi connectivity index (χ1n) is 5.02. The van der Waals surface area contributed by atoms with Crippen LogP contribution in [-0.2, 0) is 0 Å². The molecule has 2 aromatic carbocycles. The number of anilines is 3. The summed E-state index contributed by atoms with van der Waals surface area (Å²) in [6, 6.07) is 16.0. The van der Waals surface area contributed by atoms with Crippen molar-refractivity contribution in [2.75, 3.05) is 17.7 Å². The number of nitrogen functional groups attached to an aromatic ring is 1. The maximum atomic E-state index is 5.67. The van der Waals surface area contributed by atoms with Crippen molar-refractivity contribution >= 4 is 33.0 Å². The van der Waals surface area contributed by atoms with Crippen molar-refractivity contribution in [3.8, 4) is 0 Å². The third-order valence-electron chi connectivity index (χ3n) is 2.49. The molecular formula is C13H13BrN2. The van der Waals surface area contributed by atoms with Gasteiger partial charge in [0.2, 0.25) is 0 Å². The van der Waals surface area contributed by atoms with E-state index in [-0.39, 0.29) is 0 Å². The van der Waals surface area contributed by atoms with Crippen LogP contribution >= 0.6 is 15.9 Å².